The van der Waals surface area contributed by atoms with Gasteiger partial charge in [-0.25, -0.2) is 0 Å². The van der Waals surface area contributed by atoms with Gasteiger partial charge in [-0.3, -0.25) is 0 Å². The number of unbranched alkanes of at least 4 members (excludes halogenated alkanes) is 1. The Hall–Kier alpha value is -0.0800. The van der Waals surface area contributed by atoms with Gasteiger partial charge in [0.05, 0.1) is 12.2 Å². The van der Waals surface area contributed by atoms with Gasteiger partial charge in [0.1, 0.15) is 0 Å². The first-order chi connectivity index (χ1) is 7.09. The summed E-state index contributed by atoms with van der Waals surface area (Å²) in [5.41, 5.74) is 0. The highest BCUT2D eigenvalue weighted by atomic mass is 16.3. The van der Waals surface area contributed by atoms with Crippen molar-refractivity contribution in [3.63, 3.8) is 0 Å². The fraction of sp³-hybridized carbons (Fsp3) is 1.00. The van der Waals surface area contributed by atoms with Crippen LogP contribution in [0.1, 0.15) is 58.8 Å². The number of hydrogen-bond acceptors (Lipinski definition) is 2. The summed E-state index contributed by atoms with van der Waals surface area (Å²) in [6.45, 7) is 4.51. The Morgan fingerprint density at radius 2 is 1.87 bits per heavy atom. The molecule has 2 N–H and O–H groups in total. The smallest absolute Gasteiger partial charge is 0.0593 e. The molecule has 1 aliphatic carbocycles. The fourth-order valence-electron chi connectivity index (χ4n) is 2.48. The molecule has 0 amide bonds. The molecule has 0 bridgehead atoms. The molecule has 2 unspecified atom stereocenters. The van der Waals surface area contributed by atoms with Crippen LogP contribution in [0.2, 0.25) is 0 Å². The zero-order valence-electron chi connectivity index (χ0n) is 10.2. The van der Waals surface area contributed by atoms with Crippen LogP contribution in [-0.2, 0) is 0 Å². The highest BCUT2D eigenvalue weighted by Crippen LogP contribution is 2.29. The van der Waals surface area contributed by atoms with Crippen molar-refractivity contribution >= 4 is 0 Å². The third-order valence-electron chi connectivity index (χ3n) is 3.53. The molecule has 2 heteroatoms. The van der Waals surface area contributed by atoms with Crippen molar-refractivity contribution in [3.05, 3.63) is 0 Å². The van der Waals surface area contributed by atoms with Crippen LogP contribution in [0.25, 0.3) is 0 Å². The molecule has 3 atom stereocenters. The standard InChI is InChI=1S/C13H26O2/c1-10(2)5-3-4-6-11-7-8-12(14)9-13(11)15/h10-15H,3-9H2,1-2H3/t11-,12?,13?/m0/s1. The first-order valence-corrected chi connectivity index (χ1v) is 6.45. The second-order valence-electron chi connectivity index (χ2n) is 5.47. The fourth-order valence-corrected chi connectivity index (χ4v) is 2.48. The maximum atomic E-state index is 9.79. The van der Waals surface area contributed by atoms with Crippen molar-refractivity contribution in [1.29, 1.82) is 0 Å². The van der Waals surface area contributed by atoms with Crippen LogP contribution in [0, 0.1) is 11.8 Å². The molecule has 90 valence electrons. The third kappa shape index (κ3) is 4.98. The van der Waals surface area contributed by atoms with E-state index < -0.39 is 0 Å². The largest absolute Gasteiger partial charge is 0.393 e. The topological polar surface area (TPSA) is 40.5 Å². The van der Waals surface area contributed by atoms with E-state index in [4.69, 9.17) is 0 Å². The summed E-state index contributed by atoms with van der Waals surface area (Å²) in [6, 6.07) is 0. The zero-order chi connectivity index (χ0) is 11.3. The molecule has 0 radical (unpaired) electrons. The van der Waals surface area contributed by atoms with E-state index in [1.165, 1.54) is 19.3 Å². The first kappa shape index (κ1) is 13.0. The quantitative estimate of drug-likeness (QED) is 0.691. The van der Waals surface area contributed by atoms with Gasteiger partial charge in [-0.1, -0.05) is 33.1 Å². The molecule has 0 aromatic carbocycles. The molecule has 2 nitrogen and oxygen atoms in total. The van der Waals surface area contributed by atoms with Crippen LogP contribution in [0.15, 0.2) is 0 Å². The molecule has 1 rings (SSSR count). The SMILES string of the molecule is CC(C)CCCC[C@H]1CCC(O)CC1O. The van der Waals surface area contributed by atoms with E-state index in [0.29, 0.717) is 12.3 Å². The van der Waals surface area contributed by atoms with Gasteiger partial charge in [-0.15, -0.1) is 0 Å². The Bertz CT molecular complexity index is 168. The molecule has 15 heavy (non-hydrogen) atoms. The molecule has 0 aliphatic heterocycles. The van der Waals surface area contributed by atoms with E-state index in [9.17, 15) is 10.2 Å². The monoisotopic (exact) mass is 214 g/mol. The van der Waals surface area contributed by atoms with Crippen molar-refractivity contribution in [1.82, 2.24) is 0 Å². The van der Waals surface area contributed by atoms with Gasteiger partial charge in [-0.2, -0.15) is 0 Å². The van der Waals surface area contributed by atoms with E-state index in [1.54, 1.807) is 0 Å². The number of hydrogen-bond donors (Lipinski definition) is 2. The van der Waals surface area contributed by atoms with E-state index >= 15 is 0 Å². The summed E-state index contributed by atoms with van der Waals surface area (Å²) in [7, 11) is 0. The van der Waals surface area contributed by atoms with Gasteiger partial charge < -0.3 is 10.2 Å². The van der Waals surface area contributed by atoms with Crippen LogP contribution >= 0.6 is 0 Å². The van der Waals surface area contributed by atoms with E-state index in [-0.39, 0.29) is 12.2 Å². The summed E-state index contributed by atoms with van der Waals surface area (Å²) in [5.74, 6) is 1.24. The lowest BCUT2D eigenvalue weighted by atomic mass is 9.81. The molecule has 0 saturated heterocycles. The molecular formula is C13H26O2. The Labute approximate surface area is 93.7 Å². The average Bonchev–Trinajstić information content (AvgIpc) is 2.14. The van der Waals surface area contributed by atoms with Gasteiger partial charge >= 0.3 is 0 Å². The Balaban J connectivity index is 2.10. The summed E-state index contributed by atoms with van der Waals surface area (Å²) in [5, 5.41) is 19.2. The van der Waals surface area contributed by atoms with Gasteiger partial charge in [-0.05, 0) is 37.5 Å². The Morgan fingerprint density at radius 3 is 2.47 bits per heavy atom. The molecule has 0 spiro atoms. The summed E-state index contributed by atoms with van der Waals surface area (Å²) >= 11 is 0. The summed E-state index contributed by atoms with van der Waals surface area (Å²) < 4.78 is 0. The highest BCUT2D eigenvalue weighted by Gasteiger charge is 2.27. The summed E-state index contributed by atoms with van der Waals surface area (Å²) in [4.78, 5) is 0. The molecule has 1 fully saturated rings. The van der Waals surface area contributed by atoms with E-state index in [1.807, 2.05) is 0 Å². The lowest BCUT2D eigenvalue weighted by molar-refractivity contribution is -0.00232. The Kier molecular flexibility index (Phi) is 5.62. The molecule has 0 heterocycles. The molecule has 1 aliphatic rings. The van der Waals surface area contributed by atoms with Gasteiger partial charge in [0, 0.05) is 0 Å². The van der Waals surface area contributed by atoms with Crippen molar-refractivity contribution in [3.8, 4) is 0 Å². The van der Waals surface area contributed by atoms with Crippen molar-refractivity contribution in [2.75, 3.05) is 0 Å². The van der Waals surface area contributed by atoms with Gasteiger partial charge in [0.15, 0.2) is 0 Å². The molecule has 0 aromatic rings. The maximum absolute atomic E-state index is 9.79. The van der Waals surface area contributed by atoms with Crippen molar-refractivity contribution in [2.45, 2.75) is 71.0 Å². The minimum absolute atomic E-state index is 0.257. The minimum Gasteiger partial charge on any atom is -0.393 e. The van der Waals surface area contributed by atoms with E-state index in [0.717, 1.165) is 25.2 Å². The second kappa shape index (κ2) is 6.49. The molecule has 0 aromatic heterocycles. The van der Waals surface area contributed by atoms with Crippen molar-refractivity contribution < 1.29 is 10.2 Å². The normalized spacial score (nSPS) is 32.2. The number of rotatable bonds is 5. The predicted molar refractivity (Wildman–Crippen MR) is 62.7 cm³/mol. The average molecular weight is 214 g/mol. The van der Waals surface area contributed by atoms with Crippen LogP contribution in [0.5, 0.6) is 0 Å². The minimum atomic E-state index is -0.257. The van der Waals surface area contributed by atoms with E-state index in [2.05, 4.69) is 13.8 Å². The second-order valence-corrected chi connectivity index (χ2v) is 5.47. The van der Waals surface area contributed by atoms with Crippen LogP contribution in [0.4, 0.5) is 0 Å². The molecular weight excluding hydrogens is 188 g/mol. The van der Waals surface area contributed by atoms with Crippen molar-refractivity contribution in [2.24, 2.45) is 11.8 Å². The highest BCUT2D eigenvalue weighted by molar-refractivity contribution is 4.79. The van der Waals surface area contributed by atoms with Gasteiger partial charge in [0.2, 0.25) is 0 Å². The third-order valence-corrected chi connectivity index (χ3v) is 3.53. The number of aliphatic hydroxyl groups excluding tert-OH is 2. The Morgan fingerprint density at radius 1 is 1.13 bits per heavy atom. The lowest BCUT2D eigenvalue weighted by Gasteiger charge is -2.30. The van der Waals surface area contributed by atoms with Crippen LogP contribution in [0.3, 0.4) is 0 Å². The predicted octanol–water partition coefficient (Wildman–Crippen LogP) is 2.72. The number of aliphatic hydroxyl groups is 2. The maximum Gasteiger partial charge on any atom is 0.0593 e. The lowest BCUT2D eigenvalue weighted by Crippen LogP contribution is -2.31. The van der Waals surface area contributed by atoms with Gasteiger partial charge in [0.25, 0.3) is 0 Å². The molecule has 1 saturated carbocycles. The summed E-state index contributed by atoms with van der Waals surface area (Å²) in [6.07, 6.45) is 6.91. The van der Waals surface area contributed by atoms with Crippen LogP contribution < -0.4 is 0 Å². The zero-order valence-corrected chi connectivity index (χ0v) is 10.2. The first-order valence-electron chi connectivity index (χ1n) is 6.45. The van der Waals surface area contributed by atoms with Crippen LogP contribution in [-0.4, -0.2) is 22.4 Å².